The number of aromatic carboxylic acids is 1. The molecule has 100 valence electrons. The number of nitrogens with two attached hydrogens (primary N) is 1. The van der Waals surface area contributed by atoms with Gasteiger partial charge in [-0.1, -0.05) is 0 Å². The van der Waals surface area contributed by atoms with Gasteiger partial charge >= 0.3 is 5.97 Å². The van der Waals surface area contributed by atoms with Gasteiger partial charge in [-0.2, -0.15) is 0 Å². The topological polar surface area (TPSA) is 91.0 Å². The standard InChI is InChI=1S/C12H17NO5/c1-16-4-3-5-18-11-6-8(12(14)15)9(13)7-10(11)17-2/h6-7H,3-5,13H2,1-2H3,(H,14,15). The Kier molecular flexibility index (Phi) is 5.26. The maximum absolute atomic E-state index is 11.0. The molecule has 0 radical (unpaired) electrons. The molecule has 0 amide bonds. The molecule has 0 saturated carbocycles. The maximum atomic E-state index is 11.0. The van der Waals surface area contributed by atoms with Gasteiger partial charge in [0.2, 0.25) is 0 Å². The lowest BCUT2D eigenvalue weighted by molar-refractivity contribution is 0.0697. The smallest absolute Gasteiger partial charge is 0.337 e. The predicted molar refractivity (Wildman–Crippen MR) is 66.4 cm³/mol. The number of hydrogen-bond acceptors (Lipinski definition) is 5. The van der Waals surface area contributed by atoms with Gasteiger partial charge in [0.1, 0.15) is 0 Å². The van der Waals surface area contributed by atoms with E-state index in [2.05, 4.69) is 0 Å². The van der Waals surface area contributed by atoms with E-state index in [1.165, 1.54) is 19.2 Å². The monoisotopic (exact) mass is 255 g/mol. The first-order chi connectivity index (χ1) is 8.60. The lowest BCUT2D eigenvalue weighted by Gasteiger charge is -2.12. The molecule has 1 rings (SSSR count). The summed E-state index contributed by atoms with van der Waals surface area (Å²) in [4.78, 5) is 11.0. The van der Waals surface area contributed by atoms with Crippen LogP contribution in [0.25, 0.3) is 0 Å². The molecule has 18 heavy (non-hydrogen) atoms. The van der Waals surface area contributed by atoms with Crippen molar-refractivity contribution in [2.75, 3.05) is 33.2 Å². The zero-order valence-corrected chi connectivity index (χ0v) is 10.4. The van der Waals surface area contributed by atoms with Crippen molar-refractivity contribution >= 4 is 11.7 Å². The third-order valence-electron chi connectivity index (χ3n) is 2.32. The summed E-state index contributed by atoms with van der Waals surface area (Å²) in [7, 11) is 3.07. The van der Waals surface area contributed by atoms with Gasteiger partial charge in [0, 0.05) is 32.3 Å². The van der Waals surface area contributed by atoms with Crippen molar-refractivity contribution in [3.63, 3.8) is 0 Å². The fraction of sp³-hybridized carbons (Fsp3) is 0.417. The minimum absolute atomic E-state index is 0.00228. The van der Waals surface area contributed by atoms with Crippen molar-refractivity contribution in [1.29, 1.82) is 0 Å². The summed E-state index contributed by atoms with van der Waals surface area (Å²) in [6.07, 6.45) is 0.701. The first-order valence-corrected chi connectivity index (χ1v) is 5.42. The number of nitrogen functional groups attached to an aromatic ring is 1. The molecule has 3 N–H and O–H groups in total. The summed E-state index contributed by atoms with van der Waals surface area (Å²) < 4.78 is 15.4. The number of carboxylic acid groups (broad SMARTS) is 1. The van der Waals surface area contributed by atoms with Crippen molar-refractivity contribution < 1.29 is 24.1 Å². The summed E-state index contributed by atoms with van der Waals surface area (Å²) in [6, 6.07) is 2.80. The third kappa shape index (κ3) is 3.53. The van der Waals surface area contributed by atoms with Crippen molar-refractivity contribution in [3.05, 3.63) is 17.7 Å². The highest BCUT2D eigenvalue weighted by atomic mass is 16.5. The molecule has 0 aliphatic carbocycles. The van der Waals surface area contributed by atoms with Crippen molar-refractivity contribution in [3.8, 4) is 11.5 Å². The van der Waals surface area contributed by atoms with E-state index >= 15 is 0 Å². The molecule has 0 heterocycles. The van der Waals surface area contributed by atoms with Crippen LogP contribution >= 0.6 is 0 Å². The number of carbonyl (C=O) groups is 1. The molecule has 0 spiro atoms. The lowest BCUT2D eigenvalue weighted by atomic mass is 10.1. The average Bonchev–Trinajstić information content (AvgIpc) is 2.35. The van der Waals surface area contributed by atoms with E-state index in [1.807, 2.05) is 0 Å². The molecule has 0 bridgehead atoms. The van der Waals surface area contributed by atoms with Crippen LogP contribution in [0.5, 0.6) is 11.5 Å². The fourth-order valence-corrected chi connectivity index (χ4v) is 1.42. The predicted octanol–water partition coefficient (Wildman–Crippen LogP) is 1.39. The summed E-state index contributed by atoms with van der Waals surface area (Å²) in [5.41, 5.74) is 5.75. The van der Waals surface area contributed by atoms with Crippen LogP contribution in [0.15, 0.2) is 12.1 Å². The molecule has 0 aliphatic rings. The lowest BCUT2D eigenvalue weighted by Crippen LogP contribution is -2.07. The minimum Gasteiger partial charge on any atom is -0.493 e. The van der Waals surface area contributed by atoms with Gasteiger partial charge in [-0.3, -0.25) is 0 Å². The van der Waals surface area contributed by atoms with E-state index in [4.69, 9.17) is 25.1 Å². The van der Waals surface area contributed by atoms with Crippen LogP contribution in [0.4, 0.5) is 5.69 Å². The van der Waals surface area contributed by atoms with E-state index < -0.39 is 5.97 Å². The molecule has 0 fully saturated rings. The molecular formula is C12H17NO5. The molecule has 0 unspecified atom stereocenters. The normalized spacial score (nSPS) is 10.1. The first-order valence-electron chi connectivity index (χ1n) is 5.42. The van der Waals surface area contributed by atoms with Crippen molar-refractivity contribution in [1.82, 2.24) is 0 Å². The number of benzene rings is 1. The number of anilines is 1. The van der Waals surface area contributed by atoms with E-state index in [1.54, 1.807) is 7.11 Å². The number of rotatable bonds is 7. The van der Waals surface area contributed by atoms with Crippen LogP contribution in [0.2, 0.25) is 0 Å². The van der Waals surface area contributed by atoms with Gasteiger partial charge in [-0.05, 0) is 0 Å². The van der Waals surface area contributed by atoms with Crippen LogP contribution < -0.4 is 15.2 Å². The summed E-state index contributed by atoms with van der Waals surface area (Å²) >= 11 is 0. The Labute approximate surface area is 105 Å². The SMILES string of the molecule is COCCCOc1cc(C(=O)O)c(N)cc1OC. The molecule has 0 atom stereocenters. The second-order valence-electron chi connectivity index (χ2n) is 3.59. The Morgan fingerprint density at radius 2 is 2.00 bits per heavy atom. The second-order valence-corrected chi connectivity index (χ2v) is 3.59. The summed E-state index contributed by atoms with van der Waals surface area (Å²) in [6.45, 7) is 0.982. The Morgan fingerprint density at radius 1 is 1.28 bits per heavy atom. The minimum atomic E-state index is -1.10. The van der Waals surface area contributed by atoms with Gasteiger partial charge in [-0.15, -0.1) is 0 Å². The molecule has 0 aromatic heterocycles. The van der Waals surface area contributed by atoms with E-state index in [0.717, 1.165) is 0 Å². The van der Waals surface area contributed by atoms with Crippen molar-refractivity contribution in [2.45, 2.75) is 6.42 Å². The Bertz CT molecular complexity index is 419. The maximum Gasteiger partial charge on any atom is 0.337 e. The highest BCUT2D eigenvalue weighted by Gasteiger charge is 2.14. The molecule has 6 heteroatoms. The highest BCUT2D eigenvalue weighted by Crippen LogP contribution is 2.32. The first kappa shape index (κ1) is 14.1. The average molecular weight is 255 g/mol. The highest BCUT2D eigenvalue weighted by molar-refractivity contribution is 5.94. The van der Waals surface area contributed by atoms with Gasteiger partial charge in [-0.25, -0.2) is 4.79 Å². The van der Waals surface area contributed by atoms with Gasteiger partial charge in [0.15, 0.2) is 11.5 Å². The van der Waals surface area contributed by atoms with E-state index in [9.17, 15) is 4.79 Å². The van der Waals surface area contributed by atoms with Crippen LogP contribution in [0.1, 0.15) is 16.8 Å². The molecule has 6 nitrogen and oxygen atoms in total. The summed E-state index contributed by atoms with van der Waals surface area (Å²) in [5, 5.41) is 8.97. The Morgan fingerprint density at radius 3 is 2.56 bits per heavy atom. The fourth-order valence-electron chi connectivity index (χ4n) is 1.42. The molecule has 0 aliphatic heterocycles. The Hall–Kier alpha value is -1.95. The quantitative estimate of drug-likeness (QED) is 0.565. The van der Waals surface area contributed by atoms with Crippen LogP contribution in [0.3, 0.4) is 0 Å². The van der Waals surface area contributed by atoms with E-state index in [0.29, 0.717) is 31.1 Å². The zero-order valence-electron chi connectivity index (χ0n) is 10.4. The number of methoxy groups -OCH3 is 2. The van der Waals surface area contributed by atoms with Gasteiger partial charge in [0.05, 0.1) is 25.0 Å². The zero-order chi connectivity index (χ0) is 13.5. The summed E-state index contributed by atoms with van der Waals surface area (Å²) in [5.74, 6) is -0.327. The third-order valence-corrected chi connectivity index (χ3v) is 2.32. The van der Waals surface area contributed by atoms with Crippen LogP contribution in [-0.4, -0.2) is 38.5 Å². The van der Waals surface area contributed by atoms with E-state index in [-0.39, 0.29) is 11.3 Å². The second kappa shape index (κ2) is 6.70. The number of hydrogen-bond donors (Lipinski definition) is 2. The molecular weight excluding hydrogens is 238 g/mol. The molecule has 0 saturated heterocycles. The van der Waals surface area contributed by atoms with Crippen LogP contribution in [0, 0.1) is 0 Å². The van der Waals surface area contributed by atoms with Gasteiger partial charge in [0.25, 0.3) is 0 Å². The largest absolute Gasteiger partial charge is 0.493 e. The molecule has 1 aromatic rings. The number of ether oxygens (including phenoxy) is 3. The molecule has 1 aromatic carbocycles. The number of carboxylic acids is 1. The van der Waals surface area contributed by atoms with Crippen molar-refractivity contribution in [2.24, 2.45) is 0 Å². The van der Waals surface area contributed by atoms with Gasteiger partial charge < -0.3 is 25.1 Å². The van der Waals surface area contributed by atoms with Crippen LogP contribution in [-0.2, 0) is 4.74 Å². The Balaban J connectivity index is 2.86.